The van der Waals surface area contributed by atoms with Gasteiger partial charge in [0.25, 0.3) is 0 Å². The van der Waals surface area contributed by atoms with E-state index in [0.717, 1.165) is 19.1 Å². The molecular weight excluding hydrogens is 450 g/mol. The summed E-state index contributed by atoms with van der Waals surface area (Å²) < 4.78 is 9.97. The lowest BCUT2D eigenvalue weighted by Gasteiger charge is -2.36. The summed E-state index contributed by atoms with van der Waals surface area (Å²) in [7, 11) is 2.28. The SMILES string of the molecule is COC(=O)C1=C(C(=O)OC)N(c2cc(C(C)=O)cc(C(C)=O)c2)C(N)=C(C#N)C1c1ccccc1. The van der Waals surface area contributed by atoms with Crippen molar-refractivity contribution in [1.82, 2.24) is 0 Å². The fourth-order valence-electron chi connectivity index (χ4n) is 3.93. The van der Waals surface area contributed by atoms with E-state index >= 15 is 0 Å². The van der Waals surface area contributed by atoms with Gasteiger partial charge in [-0.25, -0.2) is 9.59 Å². The molecule has 0 amide bonds. The van der Waals surface area contributed by atoms with Crippen LogP contribution in [0.3, 0.4) is 0 Å². The van der Waals surface area contributed by atoms with E-state index in [-0.39, 0.29) is 51.0 Å². The smallest absolute Gasteiger partial charge is 0.355 e. The molecule has 2 aromatic carbocycles. The van der Waals surface area contributed by atoms with Crippen LogP contribution in [0.25, 0.3) is 0 Å². The van der Waals surface area contributed by atoms with Crippen molar-refractivity contribution >= 4 is 29.2 Å². The number of hydrogen-bond donors (Lipinski definition) is 1. The van der Waals surface area contributed by atoms with Gasteiger partial charge in [0.2, 0.25) is 0 Å². The number of carbonyl (C=O) groups excluding carboxylic acids is 4. The molecule has 1 atom stereocenters. The first-order valence-corrected chi connectivity index (χ1v) is 10.5. The molecular formula is C26H23N3O6. The van der Waals surface area contributed by atoms with E-state index in [2.05, 4.69) is 0 Å². The molecule has 0 saturated heterocycles. The summed E-state index contributed by atoms with van der Waals surface area (Å²) in [4.78, 5) is 51.7. The molecule has 0 saturated carbocycles. The first kappa shape index (κ1) is 24.9. The summed E-state index contributed by atoms with van der Waals surface area (Å²) in [5.41, 5.74) is 6.96. The summed E-state index contributed by atoms with van der Waals surface area (Å²) in [5, 5.41) is 10.1. The lowest BCUT2D eigenvalue weighted by atomic mass is 9.81. The monoisotopic (exact) mass is 473 g/mol. The Labute approximate surface area is 202 Å². The van der Waals surface area contributed by atoms with Gasteiger partial charge < -0.3 is 15.2 Å². The number of ketones is 2. The number of nitrogens with zero attached hydrogens (tertiary/aromatic N) is 2. The van der Waals surface area contributed by atoms with Crippen LogP contribution < -0.4 is 10.6 Å². The fraction of sp³-hybridized carbons (Fsp3) is 0.192. The van der Waals surface area contributed by atoms with Gasteiger partial charge in [0.15, 0.2) is 11.6 Å². The number of carbonyl (C=O) groups is 4. The molecule has 1 unspecified atom stereocenters. The van der Waals surface area contributed by atoms with Crippen molar-refractivity contribution in [2.75, 3.05) is 19.1 Å². The number of hydrogen-bond acceptors (Lipinski definition) is 9. The number of ether oxygens (including phenoxy) is 2. The quantitative estimate of drug-likeness (QED) is 0.495. The maximum Gasteiger partial charge on any atom is 0.355 e. The summed E-state index contributed by atoms with van der Waals surface area (Å²) in [6.45, 7) is 2.64. The number of anilines is 1. The Hall–Kier alpha value is -4.71. The summed E-state index contributed by atoms with van der Waals surface area (Å²) in [6.07, 6.45) is 0. The minimum Gasteiger partial charge on any atom is -0.466 e. The number of rotatable bonds is 6. The first-order valence-electron chi connectivity index (χ1n) is 10.5. The zero-order chi connectivity index (χ0) is 25.9. The standard InChI is InChI=1S/C26H23N3O6/c1-14(30)17-10-18(15(2)31)12-19(11-17)29-23(26(33)35-4)22(25(32)34-3)21(20(13-27)24(29)28)16-8-6-5-7-9-16/h5-12,21H,28H2,1-4H3. The largest absolute Gasteiger partial charge is 0.466 e. The lowest BCUT2D eigenvalue weighted by molar-refractivity contribution is -0.139. The molecule has 0 aromatic heterocycles. The second kappa shape index (κ2) is 10.1. The van der Waals surface area contributed by atoms with Crippen LogP contribution in [0.5, 0.6) is 0 Å². The molecule has 9 heteroatoms. The minimum absolute atomic E-state index is 0.0261. The van der Waals surface area contributed by atoms with Crippen LogP contribution in [-0.2, 0) is 19.1 Å². The Morgan fingerprint density at radius 2 is 1.46 bits per heavy atom. The van der Waals surface area contributed by atoms with Crippen molar-refractivity contribution in [1.29, 1.82) is 5.26 Å². The third-order valence-electron chi connectivity index (χ3n) is 5.60. The number of esters is 2. The molecule has 0 aliphatic carbocycles. The van der Waals surface area contributed by atoms with Gasteiger partial charge in [-0.05, 0) is 37.6 Å². The highest BCUT2D eigenvalue weighted by atomic mass is 16.5. The van der Waals surface area contributed by atoms with Crippen LogP contribution in [-0.4, -0.2) is 37.7 Å². The minimum atomic E-state index is -1.03. The van der Waals surface area contributed by atoms with Gasteiger partial charge in [0.1, 0.15) is 11.5 Å². The first-order chi connectivity index (χ1) is 16.7. The zero-order valence-corrected chi connectivity index (χ0v) is 19.6. The van der Waals surface area contributed by atoms with Gasteiger partial charge in [-0.2, -0.15) is 5.26 Å². The summed E-state index contributed by atoms with van der Waals surface area (Å²) in [6, 6.07) is 14.9. The average Bonchev–Trinajstić information content (AvgIpc) is 2.86. The third kappa shape index (κ3) is 4.54. The second-order valence-electron chi connectivity index (χ2n) is 7.72. The van der Waals surface area contributed by atoms with Crippen molar-refractivity contribution in [3.05, 3.63) is 87.9 Å². The number of methoxy groups -OCH3 is 2. The molecule has 35 heavy (non-hydrogen) atoms. The molecule has 0 bridgehead atoms. The van der Waals surface area contributed by atoms with Crippen molar-refractivity contribution in [3.63, 3.8) is 0 Å². The molecule has 9 nitrogen and oxygen atoms in total. The summed E-state index contributed by atoms with van der Waals surface area (Å²) >= 11 is 0. The van der Waals surface area contributed by atoms with Gasteiger partial charge in [-0.15, -0.1) is 0 Å². The van der Waals surface area contributed by atoms with Gasteiger partial charge in [-0.3, -0.25) is 14.5 Å². The molecule has 2 aromatic rings. The highest BCUT2D eigenvalue weighted by molar-refractivity contribution is 6.07. The maximum atomic E-state index is 13.1. The molecule has 1 aliphatic rings. The average molecular weight is 473 g/mol. The number of nitriles is 1. The predicted octanol–water partition coefficient (Wildman–Crippen LogP) is 2.99. The van der Waals surface area contributed by atoms with Crippen molar-refractivity contribution in [2.24, 2.45) is 5.73 Å². The maximum absolute atomic E-state index is 13.1. The van der Waals surface area contributed by atoms with Gasteiger partial charge in [0.05, 0.1) is 37.4 Å². The predicted molar refractivity (Wildman–Crippen MR) is 126 cm³/mol. The zero-order valence-electron chi connectivity index (χ0n) is 19.6. The van der Waals surface area contributed by atoms with Crippen LogP contribution in [0.1, 0.15) is 46.0 Å². The number of benzene rings is 2. The van der Waals surface area contributed by atoms with E-state index in [1.165, 1.54) is 32.0 Å². The molecule has 0 spiro atoms. The Morgan fingerprint density at radius 1 is 0.914 bits per heavy atom. The molecule has 0 radical (unpaired) electrons. The molecule has 1 aliphatic heterocycles. The number of Topliss-reactive ketones (excluding diaryl/α,β-unsaturated/α-hetero) is 2. The van der Waals surface area contributed by atoms with Crippen LogP contribution >= 0.6 is 0 Å². The number of allylic oxidation sites excluding steroid dienone is 1. The molecule has 0 fully saturated rings. The molecule has 1 heterocycles. The fourth-order valence-corrected chi connectivity index (χ4v) is 3.93. The van der Waals surface area contributed by atoms with E-state index in [0.29, 0.717) is 5.56 Å². The topological polar surface area (TPSA) is 140 Å². The highest BCUT2D eigenvalue weighted by Gasteiger charge is 2.43. The van der Waals surface area contributed by atoms with Gasteiger partial charge >= 0.3 is 11.9 Å². The van der Waals surface area contributed by atoms with E-state index in [9.17, 15) is 24.4 Å². The van der Waals surface area contributed by atoms with E-state index in [1.807, 2.05) is 6.07 Å². The van der Waals surface area contributed by atoms with Crippen LogP contribution in [0.4, 0.5) is 5.69 Å². The van der Waals surface area contributed by atoms with Gasteiger partial charge in [-0.1, -0.05) is 30.3 Å². The van der Waals surface area contributed by atoms with Crippen molar-refractivity contribution in [3.8, 4) is 6.07 Å². The second-order valence-corrected chi connectivity index (χ2v) is 7.72. The Bertz CT molecular complexity index is 1300. The molecule has 178 valence electrons. The van der Waals surface area contributed by atoms with Crippen molar-refractivity contribution < 1.29 is 28.7 Å². The molecule has 3 rings (SSSR count). The highest BCUT2D eigenvalue weighted by Crippen LogP contribution is 2.43. The molecule has 2 N–H and O–H groups in total. The summed E-state index contributed by atoms with van der Waals surface area (Å²) in [5.74, 6) is -3.67. The third-order valence-corrected chi connectivity index (χ3v) is 5.60. The Kier molecular flexibility index (Phi) is 7.16. The normalized spacial score (nSPS) is 15.4. The van der Waals surface area contributed by atoms with E-state index in [1.54, 1.807) is 30.3 Å². The van der Waals surface area contributed by atoms with E-state index < -0.39 is 17.9 Å². The van der Waals surface area contributed by atoms with Crippen LogP contribution in [0.15, 0.2) is 71.2 Å². The van der Waals surface area contributed by atoms with Crippen molar-refractivity contribution in [2.45, 2.75) is 19.8 Å². The Morgan fingerprint density at radius 3 is 1.91 bits per heavy atom. The van der Waals surface area contributed by atoms with Gasteiger partial charge in [0, 0.05) is 16.8 Å². The Balaban J connectivity index is 2.47. The van der Waals surface area contributed by atoms with Crippen LogP contribution in [0, 0.1) is 11.3 Å². The lowest BCUT2D eigenvalue weighted by Crippen LogP contribution is -2.40. The number of nitrogens with two attached hydrogens (primary N) is 1. The van der Waals surface area contributed by atoms with Crippen LogP contribution in [0.2, 0.25) is 0 Å². The van der Waals surface area contributed by atoms with E-state index in [4.69, 9.17) is 15.2 Å².